The van der Waals surface area contributed by atoms with Crippen molar-refractivity contribution in [2.75, 3.05) is 94.1 Å². The molecule has 458 valence electrons. The van der Waals surface area contributed by atoms with Crippen LogP contribution in [0.25, 0.3) is 11.0 Å². The monoisotopic (exact) mass is 1210 g/mol. The third-order valence-corrected chi connectivity index (χ3v) is 21.2. The molecule has 5 fully saturated rings. The van der Waals surface area contributed by atoms with Crippen molar-refractivity contribution < 1.29 is 51.3 Å². The summed E-state index contributed by atoms with van der Waals surface area (Å²) in [5.74, 6) is 1.47. The molecule has 87 heavy (non-hydrogen) atoms. The lowest BCUT2D eigenvalue weighted by atomic mass is 9.59. The number of aryl methyl sites for hydroxylation is 1. The lowest BCUT2D eigenvalue weighted by Crippen LogP contribution is -2.60. The van der Waals surface area contributed by atoms with E-state index in [1.807, 2.05) is 30.5 Å². The van der Waals surface area contributed by atoms with Gasteiger partial charge in [0.15, 0.2) is 11.4 Å². The number of fused-ring (bicyclic) bond motifs is 6. The maximum atomic E-state index is 15.0. The second-order valence-corrected chi connectivity index (χ2v) is 27.0. The number of sulfonamides is 1. The Morgan fingerprint density at radius 3 is 2.52 bits per heavy atom. The average Bonchev–Trinajstić information content (AvgIpc) is 1.65. The minimum atomic E-state index is -4.73. The molecule has 23 heteroatoms. The molecule has 1 spiro atoms. The Hall–Kier alpha value is -7.28. The Labute approximate surface area is 505 Å². The quantitative estimate of drug-likeness (QED) is 0.0766. The van der Waals surface area contributed by atoms with Crippen LogP contribution in [0.1, 0.15) is 110 Å². The molecule has 0 unspecified atom stereocenters. The second kappa shape index (κ2) is 22.7. The van der Waals surface area contributed by atoms with Crippen molar-refractivity contribution in [3.05, 3.63) is 117 Å². The zero-order chi connectivity index (χ0) is 59.1. The number of H-pyrrole nitrogens is 1. The van der Waals surface area contributed by atoms with Crippen molar-refractivity contribution >= 4 is 55.4 Å². The number of hydrogen-bond acceptors (Lipinski definition) is 19. The fourth-order valence-corrected chi connectivity index (χ4v) is 16.3. The zero-order valence-corrected chi connectivity index (χ0v) is 49.9. The van der Waals surface area contributed by atoms with Crippen LogP contribution in [0.2, 0.25) is 0 Å². The van der Waals surface area contributed by atoms with E-state index >= 15 is 0 Å². The Kier molecular flexibility index (Phi) is 14.7. The highest BCUT2D eigenvalue weighted by molar-refractivity contribution is 7.90. The van der Waals surface area contributed by atoms with Gasteiger partial charge in [-0.15, -0.1) is 0 Å². The molecule has 11 heterocycles. The number of benzene rings is 3. The summed E-state index contributed by atoms with van der Waals surface area (Å²) in [5, 5.41) is 16.8. The normalized spacial score (nSPS) is 24.9. The number of carbonyl (C=O) groups excluding carboxylic acids is 1. The van der Waals surface area contributed by atoms with Crippen molar-refractivity contribution in [1.82, 2.24) is 29.5 Å². The number of aromatic amines is 1. The lowest BCUT2D eigenvalue weighted by molar-refractivity contribution is -0.384. The van der Waals surface area contributed by atoms with Gasteiger partial charge in [0.1, 0.15) is 35.5 Å². The first kappa shape index (κ1) is 56.2. The van der Waals surface area contributed by atoms with Gasteiger partial charge in [-0.25, -0.2) is 13.1 Å². The fraction of sp³-hybridized carbons (Fsp3) is 0.516. The first-order valence-corrected chi connectivity index (χ1v) is 32.6. The Morgan fingerprint density at radius 1 is 0.839 bits per heavy atom. The Bertz CT molecular complexity index is 3750. The average molecular weight is 1210 g/mol. The number of nitro groups is 1. The van der Waals surface area contributed by atoms with Crippen LogP contribution in [0.3, 0.4) is 0 Å². The molecule has 1 saturated carbocycles. The number of para-hydroxylation sites is 1. The molecule has 3 aromatic carbocycles. The number of piperazine rings is 1. The van der Waals surface area contributed by atoms with Crippen LogP contribution in [-0.2, 0) is 37.3 Å². The number of rotatable bonds is 12. The first-order valence-electron chi connectivity index (χ1n) is 31.1. The summed E-state index contributed by atoms with van der Waals surface area (Å²) < 4.78 is 74.5. The molecule has 9 aliphatic rings. The van der Waals surface area contributed by atoms with Crippen LogP contribution < -0.4 is 38.8 Å². The number of piperidine rings is 1. The van der Waals surface area contributed by atoms with Gasteiger partial charge in [0.2, 0.25) is 5.88 Å². The smallest absolute Gasteiger partial charge is 0.297 e. The first-order chi connectivity index (χ1) is 42.3. The van der Waals surface area contributed by atoms with E-state index in [-0.39, 0.29) is 71.8 Å². The van der Waals surface area contributed by atoms with Crippen LogP contribution in [0.15, 0.2) is 83.9 Å². The number of nitrogens with one attached hydrogen (secondary N) is 3. The molecule has 1 aliphatic carbocycles. The minimum absolute atomic E-state index is 0.0208. The summed E-state index contributed by atoms with van der Waals surface area (Å²) in [7, 11) is -4.73. The van der Waals surface area contributed by atoms with Gasteiger partial charge in [-0.3, -0.25) is 29.7 Å². The highest BCUT2D eigenvalue weighted by Crippen LogP contribution is 2.55. The van der Waals surface area contributed by atoms with E-state index in [2.05, 4.69) is 78.8 Å². The number of pyridine rings is 2. The predicted molar refractivity (Wildman–Crippen MR) is 323 cm³/mol. The van der Waals surface area contributed by atoms with E-state index in [1.165, 1.54) is 17.2 Å². The molecule has 15 rings (SSSR count). The predicted octanol–water partition coefficient (Wildman–Crippen LogP) is 8.76. The number of nitro benzene ring substituents is 1. The number of carbonyl (C=O) groups is 1. The number of amides is 1. The van der Waals surface area contributed by atoms with Gasteiger partial charge >= 0.3 is 0 Å². The van der Waals surface area contributed by atoms with E-state index in [4.69, 9.17) is 43.1 Å². The molecule has 8 aliphatic heterocycles. The number of aromatic nitrogens is 3. The van der Waals surface area contributed by atoms with E-state index < -0.39 is 37.5 Å². The van der Waals surface area contributed by atoms with Crippen molar-refractivity contribution in [2.45, 2.75) is 126 Å². The van der Waals surface area contributed by atoms with Crippen LogP contribution in [0.5, 0.6) is 23.1 Å². The van der Waals surface area contributed by atoms with Crippen LogP contribution in [0.4, 0.5) is 28.4 Å². The molecule has 5 atom stereocenters. The SMILES string of the molecule is CC(C)Oc1ccccc1[C@@H]1CN([C@@H]2COCc3nc4c(cc32)OCCC4)CCN1C1CC2(CCN(c3ccc(C(=O)NS(=O)(=O)c4cc5c(c([N+](=O)[O-])c4)N[C@H](C4CCOCC4)CO5)c(N4c5cc6cc[nH]c6nc5O[C@H]5COCC[C@@H]54)c3)CC2)C1. The van der Waals surface area contributed by atoms with Crippen molar-refractivity contribution in [1.29, 1.82) is 0 Å². The summed E-state index contributed by atoms with van der Waals surface area (Å²) in [4.78, 5) is 49.5. The van der Waals surface area contributed by atoms with Gasteiger partial charge in [-0.2, -0.15) is 4.98 Å². The summed E-state index contributed by atoms with van der Waals surface area (Å²) in [6.07, 6.45) is 9.47. The molecule has 22 nitrogen and oxygen atoms in total. The number of anilines is 4. The zero-order valence-electron chi connectivity index (χ0n) is 49.1. The summed E-state index contributed by atoms with van der Waals surface area (Å²) in [5.41, 5.74) is 7.00. The number of ether oxygens (including phenoxy) is 7. The van der Waals surface area contributed by atoms with Crippen molar-refractivity contribution in [2.24, 2.45) is 11.3 Å². The molecular weight excluding hydrogens is 1130 g/mol. The molecule has 6 aromatic rings. The summed E-state index contributed by atoms with van der Waals surface area (Å²) in [6.45, 7) is 12.3. The van der Waals surface area contributed by atoms with E-state index in [1.54, 1.807) is 6.07 Å². The highest BCUT2D eigenvalue weighted by Gasteiger charge is 2.51. The molecule has 0 radical (unpaired) electrons. The van der Waals surface area contributed by atoms with Crippen molar-refractivity contribution in [3.8, 4) is 23.1 Å². The van der Waals surface area contributed by atoms with E-state index in [0.717, 1.165) is 131 Å². The van der Waals surface area contributed by atoms with E-state index in [0.29, 0.717) is 68.4 Å². The third-order valence-electron chi connectivity index (χ3n) is 19.9. The fourth-order valence-electron chi connectivity index (χ4n) is 15.3. The lowest BCUT2D eigenvalue weighted by Gasteiger charge is -2.58. The van der Waals surface area contributed by atoms with Crippen LogP contribution in [-0.4, -0.2) is 153 Å². The molecule has 0 bridgehead atoms. The number of hydrogen-bond donors (Lipinski definition) is 3. The van der Waals surface area contributed by atoms with Gasteiger partial charge in [0.25, 0.3) is 21.6 Å². The third kappa shape index (κ3) is 10.5. The maximum absolute atomic E-state index is 15.0. The maximum Gasteiger partial charge on any atom is 0.297 e. The van der Waals surface area contributed by atoms with Crippen LogP contribution >= 0.6 is 0 Å². The molecule has 3 aromatic heterocycles. The second-order valence-electron chi connectivity index (χ2n) is 25.4. The van der Waals surface area contributed by atoms with Gasteiger partial charge < -0.3 is 53.3 Å². The Balaban J connectivity index is 0.703. The van der Waals surface area contributed by atoms with Gasteiger partial charge in [0.05, 0.1) is 89.2 Å². The van der Waals surface area contributed by atoms with Crippen LogP contribution in [0, 0.1) is 21.4 Å². The minimum Gasteiger partial charge on any atom is -0.492 e. The van der Waals surface area contributed by atoms with Crippen molar-refractivity contribution in [3.63, 3.8) is 0 Å². The number of nitrogens with zero attached hydrogens (tertiary/aromatic N) is 7. The summed E-state index contributed by atoms with van der Waals surface area (Å²) >= 11 is 0. The topological polar surface area (TPSA) is 238 Å². The molecule has 3 N–H and O–H groups in total. The molecule has 4 saturated heterocycles. The molecular formula is C64H74N10O12S. The van der Waals surface area contributed by atoms with Gasteiger partial charge in [0, 0.05) is 93.6 Å². The molecule has 1 amide bonds. The Morgan fingerprint density at radius 2 is 1.68 bits per heavy atom. The van der Waals surface area contributed by atoms with Gasteiger partial charge in [-0.1, -0.05) is 18.2 Å². The van der Waals surface area contributed by atoms with Gasteiger partial charge in [-0.05, 0) is 131 Å². The highest BCUT2D eigenvalue weighted by atomic mass is 32.2. The largest absolute Gasteiger partial charge is 0.492 e. The standard InChI is InChI=1S/C64H74N10O12S/c1-38(2)85-56-8-4-3-6-44(56)54-33-71(55-36-82-34-49-46(55)30-57-47(66-49)7-5-22-83-57)20-21-72(54)42-31-64(32-42)15-18-70(19-16-64)41-9-10-45(51(27-41)73-50-14-25-81-37-59(50)86-63-53(73)26-40-11-17-65-61(40)68-63)62(75)69-87(78,79)43-28-52(74(76)77)60-58(29-43)84-35-48(67-60)39-12-23-80-24-13-39/h3-4,6,8-11,17,26-30,38-39,42,48,50,54-55,59,67H,5,7,12-16,18-25,31-37H2,1-2H3,(H,65,68)(H,69,75)/t48-,50-,54-,55+,59-/m0/s1. The summed E-state index contributed by atoms with van der Waals surface area (Å²) in [6, 6.07) is 22.5. The van der Waals surface area contributed by atoms with E-state index in [9.17, 15) is 23.3 Å².